The largest absolute Gasteiger partial charge is 0.490 e. The first-order chi connectivity index (χ1) is 17.6. The highest BCUT2D eigenvalue weighted by atomic mass is 31.2. The molecule has 8 heteroatoms. The Kier molecular flexibility index (Phi) is 20.9. The van der Waals surface area contributed by atoms with E-state index in [2.05, 4.69) is 31.3 Å². The Bertz CT molecular complexity index is 645. The molecule has 1 aromatic carbocycles. The Hall–Kier alpha value is -1.24. The van der Waals surface area contributed by atoms with E-state index in [9.17, 15) is 9.69 Å². The fourth-order valence-electron chi connectivity index (χ4n) is 3.75. The van der Waals surface area contributed by atoms with Crippen molar-refractivity contribution in [2.24, 2.45) is 0 Å². The lowest BCUT2D eigenvalue weighted by atomic mass is 10.0. The van der Waals surface area contributed by atoms with Gasteiger partial charge < -0.3 is 28.7 Å². The second-order valence-corrected chi connectivity index (χ2v) is 10.2. The van der Waals surface area contributed by atoms with Crippen LogP contribution in [0.2, 0.25) is 0 Å². The average molecular weight is 529 g/mol. The lowest BCUT2D eigenvalue weighted by Gasteiger charge is -2.19. The number of aryl methyl sites for hydroxylation is 1. The third-order valence-corrected chi connectivity index (χ3v) is 6.72. The smallest absolute Gasteiger partial charge is 0.330 e. The zero-order valence-electron chi connectivity index (χ0n) is 22.9. The monoisotopic (exact) mass is 528 g/mol. The van der Waals surface area contributed by atoms with Gasteiger partial charge >= 0.3 is 14.6 Å². The Morgan fingerprint density at radius 3 is 2.14 bits per heavy atom. The number of unbranched alkanes of at least 4 members (excludes halogenated alkanes) is 9. The van der Waals surface area contributed by atoms with E-state index in [1.54, 1.807) is 6.92 Å². The summed E-state index contributed by atoms with van der Waals surface area (Å²) in [5.41, 5.74) is 1.31. The number of ether oxygens (including phenoxy) is 2. The molecule has 7 nitrogen and oxygen atoms in total. The van der Waals surface area contributed by atoms with E-state index in [4.69, 9.17) is 18.5 Å². The van der Waals surface area contributed by atoms with Crippen LogP contribution in [0.4, 0.5) is 0 Å². The van der Waals surface area contributed by atoms with Gasteiger partial charge in [-0.1, -0.05) is 83.8 Å². The van der Waals surface area contributed by atoms with Crippen LogP contribution in [0.3, 0.4) is 0 Å². The number of nitrogens with two attached hydrogens (primary N) is 1. The van der Waals surface area contributed by atoms with Gasteiger partial charge in [-0.05, 0) is 37.5 Å². The number of hydrogen-bond acceptors (Lipinski definition) is 6. The summed E-state index contributed by atoms with van der Waals surface area (Å²) in [6.45, 7) is 8.33. The topological polar surface area (TPSA) is 90.8 Å². The lowest BCUT2D eigenvalue weighted by Crippen LogP contribution is -2.84. The highest BCUT2D eigenvalue weighted by Gasteiger charge is 2.18. The van der Waals surface area contributed by atoms with Crippen LogP contribution < -0.4 is 10.1 Å². The Balaban J connectivity index is 2.28. The molecule has 0 saturated carbocycles. The molecule has 3 N–H and O–H groups in total. The maximum Gasteiger partial charge on any atom is 0.330 e. The van der Waals surface area contributed by atoms with Gasteiger partial charge in [0.2, 0.25) is 0 Å². The van der Waals surface area contributed by atoms with Crippen molar-refractivity contribution in [1.29, 1.82) is 0 Å². The fraction of sp³-hybridized carbons (Fsp3) is 0.750. The zero-order chi connectivity index (χ0) is 26.3. The Labute approximate surface area is 220 Å². The molecule has 0 saturated heterocycles. The van der Waals surface area contributed by atoms with Gasteiger partial charge in [-0.2, -0.15) is 0 Å². The number of carbonyl (C=O) groups is 1. The summed E-state index contributed by atoms with van der Waals surface area (Å²) < 4.78 is 21.9. The molecular formula is C28H51NO6P+. The normalized spacial score (nSPS) is 12.9. The molecular weight excluding hydrogens is 477 g/mol. The first-order valence-electron chi connectivity index (χ1n) is 14.1. The molecule has 0 amide bonds. The second-order valence-electron chi connectivity index (χ2n) is 9.20. The van der Waals surface area contributed by atoms with Crippen LogP contribution in [0.5, 0.6) is 5.75 Å². The molecule has 1 rings (SSSR count). The molecule has 208 valence electrons. The SMILES string of the molecule is CCCCCCCCCCCCc1ccc(OCC(COP(O)OCC[NH2+]CC)OC(=O)CC)cc1. The maximum atomic E-state index is 11.8. The van der Waals surface area contributed by atoms with Gasteiger partial charge in [0.05, 0.1) is 19.7 Å². The van der Waals surface area contributed by atoms with Crippen LogP contribution in [0.15, 0.2) is 24.3 Å². The van der Waals surface area contributed by atoms with Crippen molar-refractivity contribution in [2.75, 3.05) is 32.9 Å². The fourth-order valence-corrected chi connectivity index (χ4v) is 4.38. The molecule has 0 aliphatic rings. The first kappa shape index (κ1) is 32.8. The lowest BCUT2D eigenvalue weighted by molar-refractivity contribution is -0.652. The first-order valence-corrected chi connectivity index (χ1v) is 15.2. The molecule has 0 aliphatic carbocycles. The Morgan fingerprint density at radius 2 is 1.53 bits per heavy atom. The zero-order valence-corrected chi connectivity index (χ0v) is 23.8. The van der Waals surface area contributed by atoms with Crippen LogP contribution in [0.1, 0.15) is 97.0 Å². The van der Waals surface area contributed by atoms with Crippen molar-refractivity contribution >= 4 is 14.6 Å². The van der Waals surface area contributed by atoms with E-state index < -0.39 is 14.7 Å². The second kappa shape index (κ2) is 22.9. The molecule has 0 radical (unpaired) electrons. The summed E-state index contributed by atoms with van der Waals surface area (Å²) in [4.78, 5) is 21.7. The molecule has 1 aromatic rings. The van der Waals surface area contributed by atoms with Crippen LogP contribution >= 0.6 is 8.60 Å². The van der Waals surface area contributed by atoms with Crippen LogP contribution in [0, 0.1) is 0 Å². The van der Waals surface area contributed by atoms with Crippen molar-refractivity contribution in [3.63, 3.8) is 0 Å². The van der Waals surface area contributed by atoms with Gasteiger partial charge in [-0.15, -0.1) is 0 Å². The van der Waals surface area contributed by atoms with Crippen molar-refractivity contribution in [2.45, 2.75) is 104 Å². The summed E-state index contributed by atoms with van der Waals surface area (Å²) in [5.74, 6) is 0.386. The molecule has 0 aliphatic heterocycles. The van der Waals surface area contributed by atoms with Gasteiger partial charge in [0.25, 0.3) is 0 Å². The van der Waals surface area contributed by atoms with E-state index in [0.29, 0.717) is 6.61 Å². The standard InChI is InChI=1S/C28H50NO6P/c1-4-7-8-9-10-11-12-13-14-15-16-25-17-19-26(20-18-25)32-23-27(35-28(30)5-2)24-34-36(31)33-22-21-29-6-3/h17-20,27,29,31H,4-16,21-24H2,1-3H3/p+1. The van der Waals surface area contributed by atoms with E-state index in [0.717, 1.165) is 25.3 Å². The molecule has 2 unspecified atom stereocenters. The van der Waals surface area contributed by atoms with Gasteiger partial charge in [0, 0.05) is 6.42 Å². The minimum absolute atomic E-state index is 0.0161. The quantitative estimate of drug-likeness (QED) is 0.102. The molecule has 0 spiro atoms. The Morgan fingerprint density at radius 1 is 0.889 bits per heavy atom. The minimum Gasteiger partial charge on any atom is -0.490 e. The third kappa shape index (κ3) is 18.1. The maximum absolute atomic E-state index is 11.8. The number of rotatable bonds is 24. The highest BCUT2D eigenvalue weighted by molar-refractivity contribution is 7.40. The van der Waals surface area contributed by atoms with Crippen LogP contribution in [-0.2, 0) is 25.0 Å². The number of carbonyl (C=O) groups excluding carboxylic acids is 1. The molecule has 0 aromatic heterocycles. The third-order valence-electron chi connectivity index (χ3n) is 5.95. The van der Waals surface area contributed by atoms with Gasteiger partial charge in [-0.3, -0.25) is 4.79 Å². The predicted molar refractivity (Wildman–Crippen MR) is 146 cm³/mol. The summed E-state index contributed by atoms with van der Waals surface area (Å²) in [7, 11) is -2.01. The summed E-state index contributed by atoms with van der Waals surface area (Å²) >= 11 is 0. The van der Waals surface area contributed by atoms with Gasteiger partial charge in [-0.25, -0.2) is 0 Å². The highest BCUT2D eigenvalue weighted by Crippen LogP contribution is 2.32. The number of quaternary nitrogens is 1. The number of hydrogen-bond donors (Lipinski definition) is 2. The predicted octanol–water partition coefficient (Wildman–Crippen LogP) is 5.69. The summed E-state index contributed by atoms with van der Waals surface area (Å²) in [6.07, 6.45) is 14.2. The van der Waals surface area contributed by atoms with E-state index in [1.165, 1.54) is 69.8 Å². The molecule has 0 bridgehead atoms. The molecule has 0 fully saturated rings. The van der Waals surface area contributed by atoms with Crippen molar-refractivity contribution < 1.29 is 33.5 Å². The number of esters is 1. The summed E-state index contributed by atoms with van der Waals surface area (Å²) in [6, 6.07) is 8.11. The molecule has 2 atom stereocenters. The van der Waals surface area contributed by atoms with Crippen LogP contribution in [-0.4, -0.2) is 49.9 Å². The number of benzene rings is 1. The van der Waals surface area contributed by atoms with Gasteiger partial charge in [0.15, 0.2) is 6.10 Å². The van der Waals surface area contributed by atoms with E-state index in [1.807, 2.05) is 12.1 Å². The van der Waals surface area contributed by atoms with E-state index in [-0.39, 0.29) is 25.6 Å². The van der Waals surface area contributed by atoms with E-state index >= 15 is 0 Å². The summed E-state index contributed by atoms with van der Waals surface area (Å²) in [5, 5.41) is 2.07. The molecule has 0 heterocycles. The van der Waals surface area contributed by atoms with Crippen molar-refractivity contribution in [1.82, 2.24) is 0 Å². The van der Waals surface area contributed by atoms with Crippen molar-refractivity contribution in [3.05, 3.63) is 29.8 Å². The van der Waals surface area contributed by atoms with Crippen molar-refractivity contribution in [3.8, 4) is 5.75 Å². The van der Waals surface area contributed by atoms with Gasteiger partial charge in [0.1, 0.15) is 19.0 Å². The number of likely N-dealkylation sites (N-methyl/N-ethyl adjacent to an activating group) is 1. The van der Waals surface area contributed by atoms with Crippen LogP contribution in [0.25, 0.3) is 0 Å². The average Bonchev–Trinajstić information content (AvgIpc) is 2.89. The minimum atomic E-state index is -2.01. The molecule has 36 heavy (non-hydrogen) atoms.